The molecule has 4 nitrogen and oxygen atoms in total. The first kappa shape index (κ1) is 19.0. The second-order valence-corrected chi connectivity index (χ2v) is 7.52. The zero-order chi connectivity index (χ0) is 19.5. The largest absolute Gasteiger partial charge is 0.368 e. The van der Waals surface area contributed by atoms with Crippen molar-refractivity contribution in [1.82, 2.24) is 4.90 Å². The number of nitrogens with zero attached hydrogens (tertiary/aromatic N) is 1. The summed E-state index contributed by atoms with van der Waals surface area (Å²) in [4.78, 5) is 15.8. The number of hydrogen-bond acceptors (Lipinski definition) is 2. The molecule has 1 atom stereocenters. The van der Waals surface area contributed by atoms with E-state index in [1.54, 1.807) is 24.3 Å². The van der Waals surface area contributed by atoms with Crippen LogP contribution in [0.2, 0.25) is 0 Å². The second kappa shape index (κ2) is 8.37. The van der Waals surface area contributed by atoms with Gasteiger partial charge in [0.2, 0.25) is 0 Å². The standard InChI is InChI=1S/C22H24F2N2O2/c23-18-7-3-16(4-8-18)21(17-5-9-19(24)10-6-17)25-11-13-26(14-12-25)22(27)20-2-1-15-28-20/h3-10,20-21H,1-2,11-15H2/p+1/t20-/m1/s1. The van der Waals surface area contributed by atoms with Crippen molar-refractivity contribution in [2.24, 2.45) is 0 Å². The fourth-order valence-corrected chi connectivity index (χ4v) is 4.25. The van der Waals surface area contributed by atoms with Crippen LogP contribution >= 0.6 is 0 Å². The smallest absolute Gasteiger partial charge is 0.252 e. The van der Waals surface area contributed by atoms with E-state index in [-0.39, 0.29) is 29.7 Å². The first-order valence-electron chi connectivity index (χ1n) is 9.88. The molecule has 1 amide bonds. The van der Waals surface area contributed by atoms with Crippen LogP contribution in [0.1, 0.15) is 30.0 Å². The molecule has 0 aliphatic carbocycles. The number of hydrogen-bond donors (Lipinski definition) is 1. The van der Waals surface area contributed by atoms with E-state index in [2.05, 4.69) is 0 Å². The highest BCUT2D eigenvalue weighted by atomic mass is 19.1. The second-order valence-electron chi connectivity index (χ2n) is 7.52. The maximum absolute atomic E-state index is 13.4. The zero-order valence-electron chi connectivity index (χ0n) is 15.7. The predicted octanol–water partition coefficient (Wildman–Crippen LogP) is 1.96. The van der Waals surface area contributed by atoms with Crippen LogP contribution in [0.15, 0.2) is 48.5 Å². The van der Waals surface area contributed by atoms with E-state index in [1.807, 2.05) is 4.90 Å². The minimum atomic E-state index is -0.286. The highest BCUT2D eigenvalue weighted by molar-refractivity contribution is 5.81. The fourth-order valence-electron chi connectivity index (χ4n) is 4.25. The van der Waals surface area contributed by atoms with Crippen molar-refractivity contribution < 1.29 is 23.2 Å². The molecule has 148 valence electrons. The van der Waals surface area contributed by atoms with Gasteiger partial charge < -0.3 is 14.5 Å². The SMILES string of the molecule is O=C([C@H]1CCCO1)N1CC[NH+](C(c2ccc(F)cc2)c2ccc(F)cc2)CC1. The molecule has 0 spiro atoms. The summed E-state index contributed by atoms with van der Waals surface area (Å²) in [5.41, 5.74) is 1.98. The summed E-state index contributed by atoms with van der Waals surface area (Å²) in [5.74, 6) is -0.455. The Morgan fingerprint density at radius 1 is 0.964 bits per heavy atom. The number of rotatable bonds is 4. The molecule has 2 saturated heterocycles. The molecule has 0 saturated carbocycles. The summed E-state index contributed by atoms with van der Waals surface area (Å²) in [6.45, 7) is 3.54. The third kappa shape index (κ3) is 4.08. The molecular formula is C22H25F2N2O2+. The quantitative estimate of drug-likeness (QED) is 0.870. The Labute approximate surface area is 163 Å². The lowest BCUT2D eigenvalue weighted by molar-refractivity contribution is -0.929. The molecule has 28 heavy (non-hydrogen) atoms. The lowest BCUT2D eigenvalue weighted by atomic mass is 9.96. The van der Waals surface area contributed by atoms with E-state index in [9.17, 15) is 13.6 Å². The van der Waals surface area contributed by atoms with Crippen LogP contribution in [0.5, 0.6) is 0 Å². The first-order valence-corrected chi connectivity index (χ1v) is 9.88. The average molecular weight is 387 g/mol. The highest BCUT2D eigenvalue weighted by Gasteiger charge is 2.35. The number of carbonyl (C=O) groups excluding carboxylic acids is 1. The Morgan fingerprint density at radius 3 is 1.96 bits per heavy atom. The Morgan fingerprint density at radius 2 is 1.50 bits per heavy atom. The number of nitrogens with one attached hydrogen (secondary N) is 1. The van der Waals surface area contributed by atoms with Gasteiger partial charge in [0, 0.05) is 17.7 Å². The van der Waals surface area contributed by atoms with Gasteiger partial charge in [-0.1, -0.05) is 0 Å². The number of benzene rings is 2. The number of halogens is 2. The summed E-state index contributed by atoms with van der Waals surface area (Å²) < 4.78 is 32.4. The van der Waals surface area contributed by atoms with E-state index in [0.717, 1.165) is 37.1 Å². The summed E-state index contributed by atoms with van der Waals surface area (Å²) in [6.07, 6.45) is 1.46. The van der Waals surface area contributed by atoms with Gasteiger partial charge in [0.05, 0.1) is 26.2 Å². The van der Waals surface area contributed by atoms with Crippen molar-refractivity contribution in [3.8, 4) is 0 Å². The Hall–Kier alpha value is -2.31. The molecule has 2 fully saturated rings. The monoisotopic (exact) mass is 387 g/mol. The fraction of sp³-hybridized carbons (Fsp3) is 0.409. The first-order chi connectivity index (χ1) is 13.6. The maximum Gasteiger partial charge on any atom is 0.252 e. The molecule has 1 N–H and O–H groups in total. The molecule has 0 unspecified atom stereocenters. The van der Waals surface area contributed by atoms with E-state index < -0.39 is 0 Å². The van der Waals surface area contributed by atoms with E-state index >= 15 is 0 Å². The van der Waals surface area contributed by atoms with Crippen molar-refractivity contribution in [3.05, 3.63) is 71.3 Å². The molecule has 2 aromatic rings. The lowest BCUT2D eigenvalue weighted by Crippen LogP contribution is -3.15. The summed E-state index contributed by atoms with van der Waals surface area (Å²) in [5, 5.41) is 0. The van der Waals surface area contributed by atoms with Crippen LogP contribution in [-0.4, -0.2) is 49.7 Å². The van der Waals surface area contributed by atoms with Gasteiger partial charge in [0.1, 0.15) is 23.8 Å². The molecule has 0 aromatic heterocycles. The Bertz CT molecular complexity index is 751. The number of ether oxygens (including phenoxy) is 1. The van der Waals surface area contributed by atoms with Gasteiger partial charge in [-0.2, -0.15) is 0 Å². The molecule has 6 heteroatoms. The summed E-state index contributed by atoms with van der Waals surface area (Å²) >= 11 is 0. The van der Waals surface area contributed by atoms with Crippen LogP contribution in [0.3, 0.4) is 0 Å². The minimum absolute atomic E-state index is 0.0267. The van der Waals surface area contributed by atoms with Gasteiger partial charge in [-0.05, 0) is 61.4 Å². The van der Waals surface area contributed by atoms with Gasteiger partial charge >= 0.3 is 0 Å². The number of piperazine rings is 1. The third-order valence-corrected chi connectivity index (χ3v) is 5.74. The van der Waals surface area contributed by atoms with Crippen molar-refractivity contribution in [3.63, 3.8) is 0 Å². The highest BCUT2D eigenvalue weighted by Crippen LogP contribution is 2.21. The van der Waals surface area contributed by atoms with Crippen LogP contribution < -0.4 is 4.90 Å². The van der Waals surface area contributed by atoms with Crippen molar-refractivity contribution in [2.45, 2.75) is 25.0 Å². The normalized spacial score (nSPS) is 20.7. The minimum Gasteiger partial charge on any atom is -0.368 e. The van der Waals surface area contributed by atoms with E-state index in [0.29, 0.717) is 19.7 Å². The number of carbonyl (C=O) groups is 1. The topological polar surface area (TPSA) is 34.0 Å². The van der Waals surface area contributed by atoms with E-state index in [1.165, 1.54) is 29.2 Å². The molecule has 0 radical (unpaired) electrons. The van der Waals surface area contributed by atoms with E-state index in [4.69, 9.17) is 4.74 Å². The van der Waals surface area contributed by atoms with Gasteiger partial charge in [0.15, 0.2) is 0 Å². The lowest BCUT2D eigenvalue weighted by Gasteiger charge is -2.37. The van der Waals surface area contributed by atoms with Crippen LogP contribution in [0.4, 0.5) is 8.78 Å². The van der Waals surface area contributed by atoms with Gasteiger partial charge in [-0.25, -0.2) is 8.78 Å². The predicted molar refractivity (Wildman–Crippen MR) is 101 cm³/mol. The summed E-state index contributed by atoms with van der Waals surface area (Å²) in [6, 6.07) is 13.0. The molecule has 4 rings (SSSR count). The Balaban J connectivity index is 1.51. The molecular weight excluding hydrogens is 362 g/mol. The van der Waals surface area contributed by atoms with Crippen molar-refractivity contribution in [2.75, 3.05) is 32.8 Å². The number of amides is 1. The molecule has 2 aromatic carbocycles. The van der Waals surface area contributed by atoms with Crippen molar-refractivity contribution in [1.29, 1.82) is 0 Å². The van der Waals surface area contributed by atoms with Gasteiger partial charge in [-0.3, -0.25) is 4.79 Å². The van der Waals surface area contributed by atoms with Crippen LogP contribution in [0.25, 0.3) is 0 Å². The molecule has 2 heterocycles. The molecule has 2 aliphatic heterocycles. The van der Waals surface area contributed by atoms with Gasteiger partial charge in [-0.15, -0.1) is 0 Å². The third-order valence-electron chi connectivity index (χ3n) is 5.74. The van der Waals surface area contributed by atoms with Crippen LogP contribution in [-0.2, 0) is 9.53 Å². The van der Waals surface area contributed by atoms with Gasteiger partial charge in [0.25, 0.3) is 5.91 Å². The average Bonchev–Trinajstić information content (AvgIpc) is 3.26. The zero-order valence-corrected chi connectivity index (χ0v) is 15.7. The van der Waals surface area contributed by atoms with Crippen molar-refractivity contribution >= 4 is 5.91 Å². The molecule has 0 bridgehead atoms. The summed E-state index contributed by atoms with van der Waals surface area (Å²) in [7, 11) is 0. The molecule has 2 aliphatic rings. The van der Waals surface area contributed by atoms with Crippen LogP contribution in [0, 0.1) is 11.6 Å². The Kier molecular flexibility index (Phi) is 5.69. The maximum atomic E-state index is 13.4. The number of quaternary nitrogens is 1.